The maximum Gasteiger partial charge on any atom is 0.303 e. The molecule has 1 aromatic carbocycles. The molecular formula is C13H16N2O4S. The van der Waals surface area contributed by atoms with Gasteiger partial charge in [-0.25, -0.2) is 8.42 Å². The highest BCUT2D eigenvalue weighted by Gasteiger charge is 2.28. The molecule has 0 spiro atoms. The number of rotatable bonds is 7. The summed E-state index contributed by atoms with van der Waals surface area (Å²) < 4.78 is 25.7. The van der Waals surface area contributed by atoms with E-state index in [2.05, 4.69) is 0 Å². The van der Waals surface area contributed by atoms with Crippen molar-refractivity contribution in [2.45, 2.75) is 25.0 Å². The van der Waals surface area contributed by atoms with Crippen molar-refractivity contribution in [1.82, 2.24) is 0 Å². The lowest BCUT2D eigenvalue weighted by Gasteiger charge is -2.25. The first-order valence-electron chi connectivity index (χ1n) is 6.07. The van der Waals surface area contributed by atoms with Crippen LogP contribution in [-0.2, 0) is 14.8 Å². The molecule has 0 amide bonds. The van der Waals surface area contributed by atoms with Gasteiger partial charge in [0.1, 0.15) is 0 Å². The molecule has 0 aromatic heterocycles. The van der Waals surface area contributed by atoms with E-state index in [-0.39, 0.29) is 19.4 Å². The minimum absolute atomic E-state index is 0.0324. The first-order chi connectivity index (χ1) is 9.39. The van der Waals surface area contributed by atoms with Crippen LogP contribution in [0.2, 0.25) is 0 Å². The second kappa shape index (κ2) is 6.91. The summed E-state index contributed by atoms with van der Waals surface area (Å²) in [4.78, 5) is 10.5. The Morgan fingerprint density at radius 3 is 2.50 bits per heavy atom. The van der Waals surface area contributed by atoms with E-state index in [1.165, 1.54) is 6.92 Å². The fourth-order valence-electron chi connectivity index (χ4n) is 1.63. The fraction of sp³-hybridized carbons (Fsp3) is 0.385. The molecule has 1 aromatic rings. The normalized spacial score (nSPS) is 12.4. The standard InChI is InChI=1S/C13H16N2O4S/c1-11(10-14)20(18,19)15(9-5-8-13(16)17)12-6-3-2-4-7-12/h2-4,6-7,11H,5,8-9H2,1H3,(H,16,17). The third-order valence-electron chi connectivity index (χ3n) is 2.73. The quantitative estimate of drug-likeness (QED) is 0.824. The van der Waals surface area contributed by atoms with Crippen LogP contribution < -0.4 is 4.31 Å². The number of para-hydroxylation sites is 1. The zero-order valence-electron chi connectivity index (χ0n) is 11.1. The number of carboxylic acids is 1. The molecule has 0 radical (unpaired) electrons. The van der Waals surface area contributed by atoms with Crippen LogP contribution >= 0.6 is 0 Å². The highest BCUT2D eigenvalue weighted by atomic mass is 32.2. The Labute approximate surface area is 118 Å². The predicted octanol–water partition coefficient (Wildman–Crippen LogP) is 1.60. The molecule has 20 heavy (non-hydrogen) atoms. The summed E-state index contributed by atoms with van der Waals surface area (Å²) in [6.45, 7) is 1.34. The zero-order valence-corrected chi connectivity index (χ0v) is 11.9. The first kappa shape index (κ1) is 16.0. The van der Waals surface area contributed by atoms with Crippen molar-refractivity contribution in [3.05, 3.63) is 30.3 Å². The van der Waals surface area contributed by atoms with Gasteiger partial charge in [-0.05, 0) is 25.5 Å². The Bertz CT molecular complexity index is 593. The molecule has 0 aliphatic rings. The van der Waals surface area contributed by atoms with Crippen LogP contribution in [0.25, 0.3) is 0 Å². The minimum Gasteiger partial charge on any atom is -0.481 e. The molecule has 1 atom stereocenters. The number of carboxylic acid groups (broad SMARTS) is 1. The van der Waals surface area contributed by atoms with E-state index in [0.717, 1.165) is 4.31 Å². The van der Waals surface area contributed by atoms with Crippen LogP contribution in [0.1, 0.15) is 19.8 Å². The van der Waals surface area contributed by atoms with Crippen LogP contribution in [0.3, 0.4) is 0 Å². The largest absolute Gasteiger partial charge is 0.481 e. The average molecular weight is 296 g/mol. The molecule has 0 heterocycles. The monoisotopic (exact) mass is 296 g/mol. The Morgan fingerprint density at radius 1 is 1.40 bits per heavy atom. The molecule has 7 heteroatoms. The van der Waals surface area contributed by atoms with E-state index >= 15 is 0 Å². The molecule has 108 valence electrons. The minimum atomic E-state index is -3.82. The predicted molar refractivity (Wildman–Crippen MR) is 74.7 cm³/mol. The number of carbonyl (C=O) groups is 1. The van der Waals surface area contributed by atoms with E-state index in [0.29, 0.717) is 5.69 Å². The SMILES string of the molecule is CC(C#N)S(=O)(=O)N(CCCC(=O)O)c1ccccc1. The van der Waals surface area contributed by atoms with Crippen molar-refractivity contribution in [2.75, 3.05) is 10.8 Å². The van der Waals surface area contributed by atoms with Crippen molar-refractivity contribution in [1.29, 1.82) is 5.26 Å². The van der Waals surface area contributed by atoms with Gasteiger partial charge in [-0.15, -0.1) is 0 Å². The summed E-state index contributed by atoms with van der Waals surface area (Å²) in [6.07, 6.45) is 0.0569. The van der Waals surface area contributed by atoms with Gasteiger partial charge < -0.3 is 5.11 Å². The van der Waals surface area contributed by atoms with Crippen LogP contribution in [0, 0.1) is 11.3 Å². The number of nitriles is 1. The Balaban J connectivity index is 3.03. The smallest absolute Gasteiger partial charge is 0.303 e. The lowest BCUT2D eigenvalue weighted by atomic mass is 10.3. The van der Waals surface area contributed by atoms with Gasteiger partial charge in [0.05, 0.1) is 11.8 Å². The van der Waals surface area contributed by atoms with Gasteiger partial charge >= 0.3 is 5.97 Å². The molecule has 1 rings (SSSR count). The van der Waals surface area contributed by atoms with Crippen LogP contribution in [0.5, 0.6) is 0 Å². The summed E-state index contributed by atoms with van der Waals surface area (Å²) in [5.41, 5.74) is 0.431. The molecule has 0 aliphatic carbocycles. The number of benzene rings is 1. The van der Waals surface area contributed by atoms with Crippen molar-refractivity contribution >= 4 is 21.7 Å². The molecule has 0 saturated heterocycles. The van der Waals surface area contributed by atoms with Gasteiger partial charge in [-0.1, -0.05) is 18.2 Å². The Hall–Kier alpha value is -2.07. The average Bonchev–Trinajstić information content (AvgIpc) is 2.43. The summed E-state index contributed by atoms with van der Waals surface area (Å²) in [7, 11) is -3.82. The second-order valence-electron chi connectivity index (χ2n) is 4.22. The highest BCUT2D eigenvalue weighted by Crippen LogP contribution is 2.21. The van der Waals surface area contributed by atoms with E-state index < -0.39 is 21.2 Å². The molecule has 1 N–H and O–H groups in total. The van der Waals surface area contributed by atoms with Gasteiger partial charge in [-0.3, -0.25) is 9.10 Å². The number of hydrogen-bond donors (Lipinski definition) is 1. The number of sulfonamides is 1. The molecule has 6 nitrogen and oxygen atoms in total. The number of aliphatic carboxylic acids is 1. The lowest BCUT2D eigenvalue weighted by molar-refractivity contribution is -0.137. The maximum atomic E-state index is 12.3. The van der Waals surface area contributed by atoms with Crippen LogP contribution in [-0.4, -0.2) is 31.3 Å². The summed E-state index contributed by atoms with van der Waals surface area (Å²) in [5, 5.41) is 16.3. The molecule has 0 aliphatic heterocycles. The van der Waals surface area contributed by atoms with Crippen LogP contribution in [0.15, 0.2) is 30.3 Å². The van der Waals surface area contributed by atoms with Gasteiger partial charge in [0.2, 0.25) is 0 Å². The highest BCUT2D eigenvalue weighted by molar-refractivity contribution is 7.93. The topological polar surface area (TPSA) is 98.5 Å². The molecule has 0 bridgehead atoms. The maximum absolute atomic E-state index is 12.3. The molecular weight excluding hydrogens is 280 g/mol. The summed E-state index contributed by atoms with van der Waals surface area (Å²) in [5.74, 6) is -0.983. The van der Waals surface area contributed by atoms with Gasteiger partial charge in [-0.2, -0.15) is 5.26 Å². The lowest BCUT2D eigenvalue weighted by Crippen LogP contribution is -2.38. The van der Waals surface area contributed by atoms with Gasteiger partial charge in [0.15, 0.2) is 5.25 Å². The Morgan fingerprint density at radius 2 is 2.00 bits per heavy atom. The van der Waals surface area contributed by atoms with Crippen molar-refractivity contribution in [3.63, 3.8) is 0 Å². The zero-order chi connectivity index (χ0) is 15.2. The van der Waals surface area contributed by atoms with Crippen molar-refractivity contribution in [3.8, 4) is 6.07 Å². The number of hydrogen-bond acceptors (Lipinski definition) is 4. The number of nitrogens with zero attached hydrogens (tertiary/aromatic N) is 2. The van der Waals surface area contributed by atoms with Crippen LogP contribution in [0.4, 0.5) is 5.69 Å². The third-order valence-corrected chi connectivity index (χ3v) is 4.74. The molecule has 1 unspecified atom stereocenters. The van der Waals surface area contributed by atoms with E-state index in [1.54, 1.807) is 36.4 Å². The van der Waals surface area contributed by atoms with E-state index in [4.69, 9.17) is 10.4 Å². The number of anilines is 1. The molecule has 0 saturated carbocycles. The second-order valence-corrected chi connectivity index (χ2v) is 6.40. The molecule has 0 fully saturated rings. The summed E-state index contributed by atoms with van der Waals surface area (Å²) >= 11 is 0. The van der Waals surface area contributed by atoms with Crippen molar-refractivity contribution in [2.24, 2.45) is 0 Å². The van der Waals surface area contributed by atoms with Crippen molar-refractivity contribution < 1.29 is 18.3 Å². The van der Waals surface area contributed by atoms with E-state index in [9.17, 15) is 13.2 Å². The summed E-state index contributed by atoms with van der Waals surface area (Å²) in [6, 6.07) is 10.1. The first-order valence-corrected chi connectivity index (χ1v) is 7.58. The van der Waals surface area contributed by atoms with E-state index in [1.807, 2.05) is 0 Å². The van der Waals surface area contributed by atoms with Gasteiger partial charge in [0.25, 0.3) is 10.0 Å². The third kappa shape index (κ3) is 3.96. The Kier molecular flexibility index (Phi) is 5.53. The van der Waals surface area contributed by atoms with Gasteiger partial charge in [0, 0.05) is 13.0 Å². The fourth-order valence-corrected chi connectivity index (χ4v) is 2.94.